The predicted octanol–water partition coefficient (Wildman–Crippen LogP) is 12.0. The molecule has 0 amide bonds. The zero-order valence-electron chi connectivity index (χ0n) is 28.5. The summed E-state index contributed by atoms with van der Waals surface area (Å²) in [5, 5.41) is 0. The van der Waals surface area contributed by atoms with Crippen molar-refractivity contribution in [3.63, 3.8) is 0 Å². The van der Waals surface area contributed by atoms with Crippen LogP contribution in [0, 0.1) is 6.92 Å². The quantitative estimate of drug-likeness (QED) is 0.209. The van der Waals surface area contributed by atoms with E-state index in [9.17, 15) is 0 Å². The Morgan fingerprint density at radius 1 is 0.660 bits per heavy atom. The molecular weight excluding hydrogens is 569 g/mol. The Morgan fingerprint density at radius 2 is 1.17 bits per heavy atom. The lowest BCUT2D eigenvalue weighted by Crippen LogP contribution is -2.34. The molecule has 3 aliphatic rings. The van der Waals surface area contributed by atoms with Crippen molar-refractivity contribution >= 4 is 17.1 Å². The fourth-order valence-corrected chi connectivity index (χ4v) is 7.73. The summed E-state index contributed by atoms with van der Waals surface area (Å²) in [4.78, 5) is 4.90. The van der Waals surface area contributed by atoms with E-state index in [4.69, 9.17) is 0 Å². The molecule has 3 aromatic carbocycles. The summed E-state index contributed by atoms with van der Waals surface area (Å²) in [5.41, 5.74) is 11.5. The van der Waals surface area contributed by atoms with Gasteiger partial charge in [-0.2, -0.15) is 0 Å². The van der Waals surface area contributed by atoms with Crippen LogP contribution in [-0.4, -0.2) is 12.1 Å². The van der Waals surface area contributed by atoms with Crippen molar-refractivity contribution < 1.29 is 0 Å². The maximum Gasteiger partial charge on any atom is 0.0560 e. The van der Waals surface area contributed by atoms with Crippen molar-refractivity contribution in [1.29, 1.82) is 0 Å². The summed E-state index contributed by atoms with van der Waals surface area (Å²) >= 11 is 0. The monoisotopic (exact) mass is 618 g/mol. The van der Waals surface area contributed by atoms with E-state index < -0.39 is 0 Å². The minimum atomic E-state index is 0.0161. The first-order valence-electron chi connectivity index (χ1n) is 17.4. The summed E-state index contributed by atoms with van der Waals surface area (Å²) < 4.78 is 0. The third kappa shape index (κ3) is 6.93. The fraction of sp³-hybridized carbons (Fsp3) is 0.289. The standard InChI is InChI=1S/C45H50N2/c1-6-11-39(7-2)46(40-22-12-34(3)13-23-40)43-28-18-37(19-29-43)45(32-9-8-10-33-45)38-20-30-44(31-21-38)47(41-24-14-35(4)15-25-41)42-26-16-36(5)17-27-42/h6-7,11-22,24-26,28-31,40,42H,1-2,8-10,23,27,32-33H2,3-5H3. The van der Waals surface area contributed by atoms with Crippen LogP contribution in [0.2, 0.25) is 0 Å². The van der Waals surface area contributed by atoms with Crippen LogP contribution in [0.5, 0.6) is 0 Å². The SMILES string of the molecule is C=CC=C(C=C)N(c1ccc(C2(c3ccc(N(c4ccc(C)cc4)C4C=CC(C)=CC4)cc3)CCCCC2)cc1)C1C=CC(C)=CC1. The zero-order valence-corrected chi connectivity index (χ0v) is 28.5. The Morgan fingerprint density at radius 3 is 1.66 bits per heavy atom. The maximum absolute atomic E-state index is 4.15. The van der Waals surface area contributed by atoms with E-state index in [0.29, 0.717) is 6.04 Å². The zero-order chi connectivity index (χ0) is 32.8. The second-order valence-corrected chi connectivity index (χ2v) is 13.6. The number of aryl methyl sites for hydroxylation is 1. The minimum Gasteiger partial charge on any atom is -0.334 e. The lowest BCUT2D eigenvalue weighted by Gasteiger charge is -2.40. The lowest BCUT2D eigenvalue weighted by atomic mass is 9.65. The van der Waals surface area contributed by atoms with Gasteiger partial charge in [-0.1, -0.05) is 128 Å². The minimum absolute atomic E-state index is 0.0161. The van der Waals surface area contributed by atoms with E-state index in [2.05, 4.69) is 159 Å². The van der Waals surface area contributed by atoms with Crippen molar-refractivity contribution in [2.75, 3.05) is 9.80 Å². The van der Waals surface area contributed by atoms with Crippen molar-refractivity contribution in [3.05, 3.63) is 174 Å². The van der Waals surface area contributed by atoms with E-state index in [1.807, 2.05) is 12.2 Å². The highest BCUT2D eigenvalue weighted by atomic mass is 15.2. The molecule has 240 valence electrons. The third-order valence-corrected chi connectivity index (χ3v) is 10.4. The summed E-state index contributed by atoms with van der Waals surface area (Å²) in [6.45, 7) is 14.6. The molecule has 3 aromatic rings. The Labute approximate surface area is 283 Å². The molecule has 0 saturated heterocycles. The van der Waals surface area contributed by atoms with E-state index in [1.165, 1.54) is 77.0 Å². The van der Waals surface area contributed by atoms with Crippen LogP contribution in [0.4, 0.5) is 17.1 Å². The third-order valence-electron chi connectivity index (χ3n) is 10.4. The molecule has 2 atom stereocenters. The number of rotatable bonds is 10. The largest absolute Gasteiger partial charge is 0.334 e. The molecule has 0 bridgehead atoms. The van der Waals surface area contributed by atoms with E-state index in [1.54, 1.807) is 0 Å². The number of anilines is 3. The van der Waals surface area contributed by atoms with Gasteiger partial charge >= 0.3 is 0 Å². The molecule has 0 aliphatic heterocycles. The molecule has 0 aromatic heterocycles. The molecule has 47 heavy (non-hydrogen) atoms. The molecule has 0 radical (unpaired) electrons. The second-order valence-electron chi connectivity index (χ2n) is 13.6. The normalized spacial score (nSPS) is 20.6. The highest BCUT2D eigenvalue weighted by Gasteiger charge is 2.36. The molecule has 0 heterocycles. The second kappa shape index (κ2) is 14.5. The molecule has 3 aliphatic carbocycles. The van der Waals surface area contributed by atoms with Gasteiger partial charge < -0.3 is 9.80 Å². The lowest BCUT2D eigenvalue weighted by molar-refractivity contribution is 0.346. The topological polar surface area (TPSA) is 6.48 Å². The Kier molecular flexibility index (Phi) is 9.97. The Balaban J connectivity index is 1.34. The van der Waals surface area contributed by atoms with Gasteiger partial charge in [-0.25, -0.2) is 0 Å². The molecular formula is C45H50N2. The first-order valence-corrected chi connectivity index (χ1v) is 17.4. The Bertz CT molecular complexity index is 1700. The van der Waals surface area contributed by atoms with Crippen molar-refractivity contribution in [3.8, 4) is 0 Å². The predicted molar refractivity (Wildman–Crippen MR) is 204 cm³/mol. The number of allylic oxidation sites excluding steroid dienone is 7. The number of hydrogen-bond acceptors (Lipinski definition) is 2. The van der Waals surface area contributed by atoms with Crippen molar-refractivity contribution in [1.82, 2.24) is 0 Å². The van der Waals surface area contributed by atoms with Crippen LogP contribution < -0.4 is 9.80 Å². The van der Waals surface area contributed by atoms with Crippen LogP contribution in [-0.2, 0) is 5.41 Å². The van der Waals surface area contributed by atoms with Gasteiger partial charge in [0.2, 0.25) is 0 Å². The highest BCUT2D eigenvalue weighted by Crippen LogP contribution is 2.46. The molecule has 1 fully saturated rings. The van der Waals surface area contributed by atoms with Crippen molar-refractivity contribution in [2.45, 2.75) is 83.2 Å². The van der Waals surface area contributed by atoms with Crippen LogP contribution in [0.3, 0.4) is 0 Å². The summed E-state index contributed by atoms with van der Waals surface area (Å²) in [6, 6.07) is 28.5. The van der Waals surface area contributed by atoms with Gasteiger partial charge in [0, 0.05) is 28.2 Å². The Hall–Kier alpha value is -4.56. The van der Waals surface area contributed by atoms with Crippen LogP contribution in [0.25, 0.3) is 0 Å². The summed E-state index contributed by atoms with van der Waals surface area (Å²) in [7, 11) is 0. The van der Waals surface area contributed by atoms with Gasteiger partial charge in [-0.15, -0.1) is 0 Å². The number of benzene rings is 3. The van der Waals surface area contributed by atoms with Crippen LogP contribution in [0.15, 0.2) is 157 Å². The van der Waals surface area contributed by atoms with Crippen molar-refractivity contribution in [2.24, 2.45) is 0 Å². The van der Waals surface area contributed by atoms with E-state index in [-0.39, 0.29) is 11.5 Å². The number of nitrogens with zero attached hydrogens (tertiary/aromatic N) is 2. The highest BCUT2D eigenvalue weighted by molar-refractivity contribution is 5.67. The average molecular weight is 619 g/mol. The van der Waals surface area contributed by atoms with E-state index >= 15 is 0 Å². The van der Waals surface area contributed by atoms with Crippen LogP contribution in [0.1, 0.15) is 75.5 Å². The molecule has 1 saturated carbocycles. The summed E-state index contributed by atoms with van der Waals surface area (Å²) in [5.74, 6) is 0. The van der Waals surface area contributed by atoms with Gasteiger partial charge in [0.25, 0.3) is 0 Å². The molecule has 6 rings (SSSR count). The first-order chi connectivity index (χ1) is 22.9. The molecule has 0 spiro atoms. The van der Waals surface area contributed by atoms with E-state index in [0.717, 1.165) is 18.5 Å². The van der Waals surface area contributed by atoms with Crippen LogP contribution >= 0.6 is 0 Å². The number of hydrogen-bond donors (Lipinski definition) is 0. The maximum atomic E-state index is 4.15. The van der Waals surface area contributed by atoms with Gasteiger partial charge in [0.15, 0.2) is 0 Å². The molecule has 2 unspecified atom stereocenters. The van der Waals surface area contributed by atoms with Gasteiger partial charge in [0.1, 0.15) is 0 Å². The first kappa shape index (κ1) is 32.4. The van der Waals surface area contributed by atoms with Gasteiger partial charge in [-0.05, 0) is 106 Å². The average Bonchev–Trinajstić information content (AvgIpc) is 3.11. The fourth-order valence-electron chi connectivity index (χ4n) is 7.73. The molecule has 2 heteroatoms. The molecule has 0 N–H and O–H groups in total. The summed E-state index contributed by atoms with van der Waals surface area (Å²) in [6.07, 6.45) is 27.9. The van der Waals surface area contributed by atoms with Gasteiger partial charge in [-0.3, -0.25) is 0 Å². The molecule has 2 nitrogen and oxygen atoms in total. The van der Waals surface area contributed by atoms with Gasteiger partial charge in [0.05, 0.1) is 12.1 Å². The smallest absolute Gasteiger partial charge is 0.0560 e.